The van der Waals surface area contributed by atoms with Crippen LogP contribution >= 0.6 is 38.9 Å². The van der Waals surface area contributed by atoms with Gasteiger partial charge >= 0.3 is 0 Å². The smallest absolute Gasteiger partial charge is 0.138 e. The van der Waals surface area contributed by atoms with Crippen molar-refractivity contribution < 1.29 is 4.74 Å². The van der Waals surface area contributed by atoms with Crippen LogP contribution in [0.5, 0.6) is 5.75 Å². The molecule has 0 amide bonds. The lowest BCUT2D eigenvalue weighted by molar-refractivity contribution is 0.306. The van der Waals surface area contributed by atoms with Gasteiger partial charge in [-0.05, 0) is 38.2 Å². The van der Waals surface area contributed by atoms with Gasteiger partial charge in [-0.2, -0.15) is 0 Å². The standard InChI is InChI=1S/C14H15BrClNOS/c1-9-10(5-12(19-9)7-17-2)8-18-14-4-3-11(15)6-13(14)16/h3-6,17H,7-8H2,1-2H3. The number of benzene rings is 1. The Morgan fingerprint density at radius 1 is 1.37 bits per heavy atom. The Morgan fingerprint density at radius 2 is 2.16 bits per heavy atom. The fourth-order valence-corrected chi connectivity index (χ4v) is 3.53. The van der Waals surface area contributed by atoms with Crippen LogP contribution in [-0.4, -0.2) is 7.05 Å². The summed E-state index contributed by atoms with van der Waals surface area (Å²) in [5.41, 5.74) is 1.22. The van der Waals surface area contributed by atoms with E-state index in [0.29, 0.717) is 17.4 Å². The zero-order valence-electron chi connectivity index (χ0n) is 10.8. The van der Waals surface area contributed by atoms with Crippen molar-refractivity contribution in [1.29, 1.82) is 0 Å². The first-order chi connectivity index (χ1) is 9.10. The van der Waals surface area contributed by atoms with Crippen LogP contribution in [0.1, 0.15) is 15.3 Å². The number of rotatable bonds is 5. The molecule has 0 unspecified atom stereocenters. The fraction of sp³-hybridized carbons (Fsp3) is 0.286. The minimum atomic E-state index is 0.549. The maximum atomic E-state index is 6.13. The van der Waals surface area contributed by atoms with E-state index in [4.69, 9.17) is 16.3 Å². The van der Waals surface area contributed by atoms with Gasteiger partial charge in [0.2, 0.25) is 0 Å². The van der Waals surface area contributed by atoms with Crippen LogP contribution in [0.4, 0.5) is 0 Å². The molecule has 0 aliphatic carbocycles. The molecule has 0 radical (unpaired) electrons. The molecule has 102 valence electrons. The van der Waals surface area contributed by atoms with Gasteiger partial charge in [-0.15, -0.1) is 11.3 Å². The largest absolute Gasteiger partial charge is 0.487 e. The number of aryl methyl sites for hydroxylation is 1. The Bertz CT molecular complexity index is 571. The van der Waals surface area contributed by atoms with E-state index in [2.05, 4.69) is 34.2 Å². The van der Waals surface area contributed by atoms with Crippen LogP contribution < -0.4 is 10.1 Å². The van der Waals surface area contributed by atoms with Crippen molar-refractivity contribution in [3.63, 3.8) is 0 Å². The van der Waals surface area contributed by atoms with E-state index < -0.39 is 0 Å². The highest BCUT2D eigenvalue weighted by Gasteiger charge is 2.07. The van der Waals surface area contributed by atoms with Gasteiger partial charge in [0, 0.05) is 26.3 Å². The molecule has 0 bridgehead atoms. The Hall–Kier alpha value is -0.550. The second kappa shape index (κ2) is 6.75. The van der Waals surface area contributed by atoms with Crippen molar-refractivity contribution in [2.75, 3.05) is 7.05 Å². The summed E-state index contributed by atoms with van der Waals surface area (Å²) in [4.78, 5) is 2.61. The van der Waals surface area contributed by atoms with Gasteiger partial charge in [0.05, 0.1) is 5.02 Å². The molecule has 2 nitrogen and oxygen atoms in total. The average Bonchev–Trinajstić information content (AvgIpc) is 2.69. The molecule has 0 atom stereocenters. The van der Waals surface area contributed by atoms with Crippen molar-refractivity contribution in [1.82, 2.24) is 5.32 Å². The first kappa shape index (κ1) is 14.9. The van der Waals surface area contributed by atoms with E-state index in [9.17, 15) is 0 Å². The van der Waals surface area contributed by atoms with Gasteiger partial charge in [-0.1, -0.05) is 27.5 Å². The molecule has 0 spiro atoms. The summed E-state index contributed by atoms with van der Waals surface area (Å²) in [5, 5.41) is 3.78. The lowest BCUT2D eigenvalue weighted by Gasteiger charge is -2.07. The summed E-state index contributed by atoms with van der Waals surface area (Å²) in [6.45, 7) is 3.56. The molecular weight excluding hydrogens is 346 g/mol. The minimum absolute atomic E-state index is 0.549. The van der Waals surface area contributed by atoms with Gasteiger partial charge in [0.1, 0.15) is 12.4 Å². The number of halogens is 2. The van der Waals surface area contributed by atoms with E-state index in [1.165, 1.54) is 15.3 Å². The van der Waals surface area contributed by atoms with Crippen LogP contribution in [0.15, 0.2) is 28.7 Å². The van der Waals surface area contributed by atoms with Gasteiger partial charge in [0.15, 0.2) is 0 Å². The summed E-state index contributed by atoms with van der Waals surface area (Å²) < 4.78 is 6.74. The first-order valence-electron chi connectivity index (χ1n) is 5.91. The molecule has 0 saturated heterocycles. The quantitative estimate of drug-likeness (QED) is 0.829. The summed E-state index contributed by atoms with van der Waals surface area (Å²) in [5.74, 6) is 0.714. The highest BCUT2D eigenvalue weighted by atomic mass is 79.9. The second-order valence-corrected chi connectivity index (χ2v) is 6.85. The van der Waals surface area contributed by atoms with Crippen molar-refractivity contribution in [2.45, 2.75) is 20.1 Å². The van der Waals surface area contributed by atoms with Gasteiger partial charge in [-0.25, -0.2) is 0 Å². The summed E-state index contributed by atoms with van der Waals surface area (Å²) >= 11 is 11.3. The molecule has 2 rings (SSSR count). The molecule has 0 fully saturated rings. The van der Waals surface area contributed by atoms with Crippen LogP contribution in [-0.2, 0) is 13.2 Å². The zero-order chi connectivity index (χ0) is 13.8. The number of thiophene rings is 1. The Kier molecular flexibility index (Phi) is 5.28. The lowest BCUT2D eigenvalue weighted by Crippen LogP contribution is -2.02. The third kappa shape index (κ3) is 3.96. The third-order valence-corrected chi connectivity index (χ3v) is 4.58. The van der Waals surface area contributed by atoms with Crippen molar-refractivity contribution in [3.05, 3.63) is 49.1 Å². The van der Waals surface area contributed by atoms with Crippen LogP contribution in [0, 0.1) is 6.92 Å². The van der Waals surface area contributed by atoms with E-state index in [1.807, 2.05) is 25.2 Å². The molecule has 19 heavy (non-hydrogen) atoms. The van der Waals surface area contributed by atoms with E-state index >= 15 is 0 Å². The van der Waals surface area contributed by atoms with E-state index in [1.54, 1.807) is 11.3 Å². The molecule has 1 N–H and O–H groups in total. The van der Waals surface area contributed by atoms with Crippen LogP contribution in [0.3, 0.4) is 0 Å². The fourth-order valence-electron chi connectivity index (χ4n) is 1.74. The maximum Gasteiger partial charge on any atom is 0.138 e. The number of hydrogen-bond donors (Lipinski definition) is 1. The summed E-state index contributed by atoms with van der Waals surface area (Å²) in [6.07, 6.45) is 0. The molecule has 2 aromatic rings. The molecule has 1 aromatic heterocycles. The average molecular weight is 361 g/mol. The summed E-state index contributed by atoms with van der Waals surface area (Å²) in [7, 11) is 1.95. The minimum Gasteiger partial charge on any atom is -0.487 e. The second-order valence-electron chi connectivity index (χ2n) is 4.19. The van der Waals surface area contributed by atoms with Crippen LogP contribution in [0.25, 0.3) is 0 Å². The van der Waals surface area contributed by atoms with Crippen molar-refractivity contribution >= 4 is 38.9 Å². The molecular formula is C14H15BrClNOS. The van der Waals surface area contributed by atoms with Gasteiger partial charge in [-0.3, -0.25) is 0 Å². The number of nitrogens with one attached hydrogen (secondary N) is 1. The maximum absolute atomic E-state index is 6.13. The van der Waals surface area contributed by atoms with Crippen molar-refractivity contribution in [2.24, 2.45) is 0 Å². The Balaban J connectivity index is 2.05. The molecule has 1 aromatic carbocycles. The van der Waals surface area contributed by atoms with Crippen molar-refractivity contribution in [3.8, 4) is 5.75 Å². The first-order valence-corrected chi connectivity index (χ1v) is 7.89. The predicted octanol–water partition coefficient (Wildman–Crippen LogP) is 4.77. The monoisotopic (exact) mass is 359 g/mol. The van der Waals surface area contributed by atoms with Gasteiger partial charge < -0.3 is 10.1 Å². The molecule has 0 saturated carbocycles. The normalized spacial score (nSPS) is 10.7. The molecule has 5 heteroatoms. The highest BCUT2D eigenvalue weighted by Crippen LogP contribution is 2.29. The molecule has 0 aliphatic rings. The van der Waals surface area contributed by atoms with E-state index in [-0.39, 0.29) is 0 Å². The molecule has 0 aliphatic heterocycles. The van der Waals surface area contributed by atoms with Crippen LogP contribution in [0.2, 0.25) is 5.02 Å². The Morgan fingerprint density at radius 3 is 2.84 bits per heavy atom. The lowest BCUT2D eigenvalue weighted by atomic mass is 10.2. The predicted molar refractivity (Wildman–Crippen MR) is 85.3 cm³/mol. The number of ether oxygens (including phenoxy) is 1. The SMILES string of the molecule is CNCc1cc(COc2ccc(Br)cc2Cl)c(C)s1. The topological polar surface area (TPSA) is 21.3 Å². The number of hydrogen-bond acceptors (Lipinski definition) is 3. The Labute approximate surface area is 130 Å². The van der Waals surface area contributed by atoms with Gasteiger partial charge in [0.25, 0.3) is 0 Å². The van der Waals surface area contributed by atoms with E-state index in [0.717, 1.165) is 11.0 Å². The molecule has 1 heterocycles. The zero-order valence-corrected chi connectivity index (χ0v) is 14.0. The third-order valence-electron chi connectivity index (χ3n) is 2.70. The highest BCUT2D eigenvalue weighted by molar-refractivity contribution is 9.10. The summed E-state index contributed by atoms with van der Waals surface area (Å²) in [6, 6.07) is 7.82.